The third-order valence-corrected chi connectivity index (χ3v) is 5.44. The van der Waals surface area contributed by atoms with E-state index in [2.05, 4.69) is 41.5 Å². The maximum Gasteiger partial charge on any atom is 0.292 e. The zero-order valence-corrected chi connectivity index (χ0v) is 16.8. The van der Waals surface area contributed by atoms with Crippen LogP contribution < -0.4 is 5.32 Å². The lowest BCUT2D eigenvalue weighted by Crippen LogP contribution is -2.11. The smallest absolute Gasteiger partial charge is 0.292 e. The summed E-state index contributed by atoms with van der Waals surface area (Å²) in [6.45, 7) is 4.34. The van der Waals surface area contributed by atoms with E-state index in [1.807, 2.05) is 30.7 Å². The summed E-state index contributed by atoms with van der Waals surface area (Å²) < 4.78 is 8.48. The van der Waals surface area contributed by atoms with Gasteiger partial charge in [0.25, 0.3) is 5.91 Å². The number of nitrogens with zero attached hydrogens (tertiary/aromatic N) is 4. The number of nitrogens with one attached hydrogen (secondary N) is 2. The van der Waals surface area contributed by atoms with Crippen molar-refractivity contribution >= 4 is 27.7 Å². The number of pyridine rings is 1. The number of carbonyl (C=O) groups is 1. The molecule has 2 N–H and O–H groups in total. The number of hydrogen-bond donors (Lipinski definition) is 2. The SMILES string of the molecule is Cc1nn(Cc2ccc(C(=O)Nc3cc(-c4ccncc4)[nH]n3)o2)c(C)c1Br. The van der Waals surface area contributed by atoms with E-state index in [9.17, 15) is 4.79 Å². The predicted molar refractivity (Wildman–Crippen MR) is 107 cm³/mol. The highest BCUT2D eigenvalue weighted by molar-refractivity contribution is 9.10. The van der Waals surface area contributed by atoms with Crippen LogP contribution in [0.15, 0.2) is 51.6 Å². The molecule has 4 rings (SSSR count). The monoisotopic (exact) mass is 440 g/mol. The Labute approximate surface area is 169 Å². The number of anilines is 1. The average molecular weight is 441 g/mol. The summed E-state index contributed by atoms with van der Waals surface area (Å²) in [5.74, 6) is 0.901. The Morgan fingerprint density at radius 1 is 1.25 bits per heavy atom. The Bertz CT molecular complexity index is 1130. The van der Waals surface area contributed by atoms with E-state index in [4.69, 9.17) is 4.42 Å². The van der Waals surface area contributed by atoms with Gasteiger partial charge in [-0.15, -0.1) is 0 Å². The molecule has 4 heterocycles. The summed E-state index contributed by atoms with van der Waals surface area (Å²) in [4.78, 5) is 16.4. The quantitative estimate of drug-likeness (QED) is 0.489. The lowest BCUT2D eigenvalue weighted by molar-refractivity contribution is 0.0994. The number of amides is 1. The van der Waals surface area contributed by atoms with E-state index >= 15 is 0 Å². The molecule has 0 aliphatic rings. The van der Waals surface area contributed by atoms with Gasteiger partial charge in [-0.2, -0.15) is 10.2 Å². The molecular formula is C19H17BrN6O2. The predicted octanol–water partition coefficient (Wildman–Crippen LogP) is 3.94. The molecule has 0 aliphatic heterocycles. The van der Waals surface area contributed by atoms with Crippen LogP contribution in [-0.2, 0) is 6.54 Å². The van der Waals surface area contributed by atoms with Gasteiger partial charge in [-0.25, -0.2) is 0 Å². The Morgan fingerprint density at radius 2 is 2.04 bits per heavy atom. The Morgan fingerprint density at radius 3 is 2.75 bits per heavy atom. The van der Waals surface area contributed by atoms with Crippen LogP contribution in [-0.4, -0.2) is 30.9 Å². The third kappa shape index (κ3) is 3.61. The van der Waals surface area contributed by atoms with Gasteiger partial charge in [0, 0.05) is 24.0 Å². The van der Waals surface area contributed by atoms with Crippen LogP contribution in [0.5, 0.6) is 0 Å². The Hall–Kier alpha value is -3.20. The number of hydrogen-bond acceptors (Lipinski definition) is 5. The van der Waals surface area contributed by atoms with Crippen LogP contribution in [0.1, 0.15) is 27.7 Å². The van der Waals surface area contributed by atoms with Crippen molar-refractivity contribution in [3.8, 4) is 11.3 Å². The number of carbonyl (C=O) groups excluding carboxylic acids is 1. The lowest BCUT2D eigenvalue weighted by Gasteiger charge is -2.02. The molecule has 9 heteroatoms. The molecule has 0 atom stereocenters. The minimum absolute atomic E-state index is 0.212. The summed E-state index contributed by atoms with van der Waals surface area (Å²) in [5.41, 5.74) is 3.62. The van der Waals surface area contributed by atoms with Crippen LogP contribution >= 0.6 is 15.9 Å². The minimum atomic E-state index is -0.367. The maximum atomic E-state index is 12.5. The van der Waals surface area contributed by atoms with Gasteiger partial charge in [-0.05, 0) is 54.0 Å². The molecule has 8 nitrogen and oxygen atoms in total. The van der Waals surface area contributed by atoms with Gasteiger partial charge in [0.05, 0.1) is 28.1 Å². The van der Waals surface area contributed by atoms with E-state index in [0.29, 0.717) is 18.1 Å². The van der Waals surface area contributed by atoms with E-state index in [1.54, 1.807) is 30.6 Å². The highest BCUT2D eigenvalue weighted by atomic mass is 79.9. The largest absolute Gasteiger partial charge is 0.454 e. The first kappa shape index (κ1) is 18.2. The number of H-pyrrole nitrogens is 1. The molecule has 0 aliphatic carbocycles. The second-order valence-corrected chi connectivity index (χ2v) is 7.06. The van der Waals surface area contributed by atoms with Crippen molar-refractivity contribution in [2.24, 2.45) is 0 Å². The second kappa shape index (κ2) is 7.43. The van der Waals surface area contributed by atoms with E-state index in [1.165, 1.54) is 0 Å². The van der Waals surface area contributed by atoms with Crippen molar-refractivity contribution in [1.29, 1.82) is 0 Å². The number of halogens is 1. The van der Waals surface area contributed by atoms with Gasteiger partial charge >= 0.3 is 0 Å². The fourth-order valence-corrected chi connectivity index (χ4v) is 3.09. The summed E-state index contributed by atoms with van der Waals surface area (Å²) in [5, 5.41) is 14.2. The molecule has 0 saturated heterocycles. The summed E-state index contributed by atoms with van der Waals surface area (Å²) in [6.07, 6.45) is 3.39. The molecule has 0 radical (unpaired) electrons. The molecule has 0 spiro atoms. The third-order valence-electron chi connectivity index (χ3n) is 4.30. The summed E-state index contributed by atoms with van der Waals surface area (Å²) in [7, 11) is 0. The van der Waals surface area contributed by atoms with E-state index in [0.717, 1.165) is 27.1 Å². The fourth-order valence-electron chi connectivity index (χ4n) is 2.80. The molecule has 0 saturated carbocycles. The first-order valence-electron chi connectivity index (χ1n) is 8.56. The average Bonchev–Trinajstić information content (AvgIpc) is 3.41. The molecule has 0 aromatic carbocycles. The van der Waals surface area contributed by atoms with E-state index in [-0.39, 0.29) is 11.7 Å². The first-order chi connectivity index (χ1) is 13.5. The molecule has 4 aromatic heterocycles. The standard InChI is InChI=1S/C19H17BrN6O2/c1-11-18(20)12(2)26(25-11)10-14-3-4-16(28-14)19(27)22-17-9-15(23-24-17)13-5-7-21-8-6-13/h3-9H,10H2,1-2H3,(H2,22,23,24,27). The zero-order chi connectivity index (χ0) is 19.7. The number of furan rings is 1. The van der Waals surface area contributed by atoms with Crippen LogP contribution in [0.4, 0.5) is 5.82 Å². The van der Waals surface area contributed by atoms with Gasteiger partial charge in [-0.1, -0.05) is 0 Å². The van der Waals surface area contributed by atoms with Gasteiger partial charge in [-0.3, -0.25) is 19.6 Å². The van der Waals surface area contributed by atoms with Crippen molar-refractivity contribution in [3.63, 3.8) is 0 Å². The molecule has 0 bridgehead atoms. The normalized spacial score (nSPS) is 11.0. The molecule has 1 amide bonds. The molecule has 4 aromatic rings. The van der Waals surface area contributed by atoms with E-state index < -0.39 is 0 Å². The van der Waals surface area contributed by atoms with Crippen molar-refractivity contribution in [3.05, 3.63) is 70.1 Å². The molecule has 0 fully saturated rings. The van der Waals surface area contributed by atoms with Crippen LogP contribution in [0.3, 0.4) is 0 Å². The molecule has 142 valence electrons. The van der Waals surface area contributed by atoms with Gasteiger partial charge in [0.2, 0.25) is 0 Å². The Balaban J connectivity index is 1.45. The highest BCUT2D eigenvalue weighted by Crippen LogP contribution is 2.22. The number of rotatable bonds is 5. The van der Waals surface area contributed by atoms with Crippen LogP contribution in [0.2, 0.25) is 0 Å². The van der Waals surface area contributed by atoms with Crippen molar-refractivity contribution < 1.29 is 9.21 Å². The molecule has 28 heavy (non-hydrogen) atoms. The highest BCUT2D eigenvalue weighted by Gasteiger charge is 2.15. The lowest BCUT2D eigenvalue weighted by atomic mass is 10.2. The van der Waals surface area contributed by atoms with Gasteiger partial charge < -0.3 is 9.73 Å². The van der Waals surface area contributed by atoms with Crippen molar-refractivity contribution in [1.82, 2.24) is 25.0 Å². The van der Waals surface area contributed by atoms with Crippen molar-refractivity contribution in [2.75, 3.05) is 5.32 Å². The molecule has 0 unspecified atom stereocenters. The maximum absolute atomic E-state index is 12.5. The van der Waals surface area contributed by atoms with Gasteiger partial charge in [0.15, 0.2) is 11.6 Å². The minimum Gasteiger partial charge on any atom is -0.454 e. The second-order valence-electron chi connectivity index (χ2n) is 6.27. The Kier molecular flexibility index (Phi) is 4.82. The zero-order valence-electron chi connectivity index (χ0n) is 15.2. The first-order valence-corrected chi connectivity index (χ1v) is 9.36. The fraction of sp³-hybridized carbons (Fsp3) is 0.158. The number of aryl methyl sites for hydroxylation is 1. The number of aromatic nitrogens is 5. The number of aromatic amines is 1. The topological polar surface area (TPSA) is 102 Å². The molecular weight excluding hydrogens is 424 g/mol. The van der Waals surface area contributed by atoms with Crippen molar-refractivity contribution in [2.45, 2.75) is 20.4 Å². The van der Waals surface area contributed by atoms with Gasteiger partial charge in [0.1, 0.15) is 5.76 Å². The summed E-state index contributed by atoms with van der Waals surface area (Å²) in [6, 6.07) is 8.88. The summed E-state index contributed by atoms with van der Waals surface area (Å²) >= 11 is 3.51. The van der Waals surface area contributed by atoms with Crippen LogP contribution in [0.25, 0.3) is 11.3 Å². The van der Waals surface area contributed by atoms with Crippen LogP contribution in [0, 0.1) is 13.8 Å².